The zero-order valence-corrected chi connectivity index (χ0v) is 53.6. The number of ether oxygens (including phenoxy) is 3. The molecule has 3 N–H and O–H groups in total. The monoisotopic (exact) mass is 1220 g/mol. The van der Waals surface area contributed by atoms with E-state index < -0.39 is 90.2 Å². The Balaban J connectivity index is 1.17. The molecule has 5 amide bonds. The number of alkyl carbamates (subject to hydrolysis) is 1. The van der Waals surface area contributed by atoms with Crippen LogP contribution in [-0.4, -0.2) is 106 Å². The maximum absolute atomic E-state index is 15.5. The normalized spacial score (nSPS) is 14.9. The summed E-state index contributed by atoms with van der Waals surface area (Å²) in [5.74, 6) is -1.02. The first kappa shape index (κ1) is 67.5. The van der Waals surface area contributed by atoms with E-state index in [9.17, 15) is 23.7 Å². The summed E-state index contributed by atoms with van der Waals surface area (Å²) in [5.41, 5.74) is 1.82. The highest BCUT2D eigenvalue weighted by molar-refractivity contribution is 7.48. The van der Waals surface area contributed by atoms with E-state index in [0.29, 0.717) is 11.4 Å². The fourth-order valence-electron chi connectivity index (χ4n) is 10.3. The topological polar surface area (TPSA) is 226 Å². The van der Waals surface area contributed by atoms with Crippen molar-refractivity contribution in [3.05, 3.63) is 191 Å². The number of phosphoric acid groups is 1. The number of pyridine rings is 2. The van der Waals surface area contributed by atoms with Crippen molar-refractivity contribution < 1.29 is 56.3 Å². The second-order valence-corrected chi connectivity index (χ2v) is 27.3. The fraction of sp³-hybridized carbons (Fsp3) is 0.426. The van der Waals surface area contributed by atoms with Crippen molar-refractivity contribution in [3.8, 4) is 11.3 Å². The largest absolute Gasteiger partial charge is 0.509 e. The number of rotatable bonds is 26. The van der Waals surface area contributed by atoms with Crippen LogP contribution in [0.5, 0.6) is 0 Å². The second kappa shape index (κ2) is 29.8. The summed E-state index contributed by atoms with van der Waals surface area (Å²) >= 11 is 0. The predicted molar refractivity (Wildman–Crippen MR) is 336 cm³/mol. The third-order valence-corrected chi connectivity index (χ3v) is 16.2. The van der Waals surface area contributed by atoms with Crippen LogP contribution in [0.4, 0.5) is 14.4 Å². The summed E-state index contributed by atoms with van der Waals surface area (Å²) in [7, 11) is -3.04. The molecule has 88 heavy (non-hydrogen) atoms. The van der Waals surface area contributed by atoms with Crippen molar-refractivity contribution in [2.75, 3.05) is 20.2 Å². The second-order valence-electron chi connectivity index (χ2n) is 25.7. The highest BCUT2D eigenvalue weighted by Gasteiger charge is 2.46. The molecule has 0 unspecified atom stereocenters. The van der Waals surface area contributed by atoms with Gasteiger partial charge < -0.3 is 40.0 Å². The molecule has 0 aliphatic carbocycles. The number of hydrogen-bond donors (Lipinski definition) is 3. The maximum atomic E-state index is 15.5. The molecule has 19 nitrogen and oxygen atoms in total. The Morgan fingerprint density at radius 2 is 1.20 bits per heavy atom. The van der Waals surface area contributed by atoms with Crippen molar-refractivity contribution in [2.24, 2.45) is 10.8 Å². The number of urea groups is 1. The molecule has 2 aromatic heterocycles. The summed E-state index contributed by atoms with van der Waals surface area (Å²) in [4.78, 5) is 84.3. The summed E-state index contributed by atoms with van der Waals surface area (Å²) in [6.45, 7) is 20.1. The lowest BCUT2D eigenvalue weighted by atomic mass is 9.84. The summed E-state index contributed by atoms with van der Waals surface area (Å²) in [5, 5.41) is 9.13. The lowest BCUT2D eigenvalue weighted by Gasteiger charge is -2.39. The van der Waals surface area contributed by atoms with Gasteiger partial charge >= 0.3 is 26.1 Å². The van der Waals surface area contributed by atoms with Crippen LogP contribution in [0.3, 0.4) is 0 Å². The van der Waals surface area contributed by atoms with Gasteiger partial charge in [0.25, 0.3) is 0 Å². The summed E-state index contributed by atoms with van der Waals surface area (Å²) < 4.78 is 49.8. The van der Waals surface area contributed by atoms with Crippen LogP contribution in [0.1, 0.15) is 116 Å². The number of hydrogen-bond acceptors (Lipinski definition) is 14. The zero-order valence-electron chi connectivity index (χ0n) is 52.7. The molecule has 0 saturated carbocycles. The zero-order chi connectivity index (χ0) is 63.9. The van der Waals surface area contributed by atoms with E-state index in [1.54, 1.807) is 68.8 Å². The Hall–Kier alpha value is -7.96. The van der Waals surface area contributed by atoms with Crippen molar-refractivity contribution in [1.82, 2.24) is 35.7 Å². The van der Waals surface area contributed by atoms with Gasteiger partial charge in [0, 0.05) is 37.3 Å². The average molecular weight is 1220 g/mol. The molecule has 0 spiro atoms. The van der Waals surface area contributed by atoms with Crippen molar-refractivity contribution in [1.29, 1.82) is 0 Å². The summed E-state index contributed by atoms with van der Waals surface area (Å²) in [6.07, 6.45) is -0.919. The van der Waals surface area contributed by atoms with E-state index in [1.165, 1.54) is 7.11 Å². The van der Waals surface area contributed by atoms with Crippen molar-refractivity contribution in [2.45, 2.75) is 157 Å². The number of phosphoric ester groups is 1. The molecule has 470 valence electrons. The van der Waals surface area contributed by atoms with Crippen molar-refractivity contribution >= 4 is 37.9 Å². The van der Waals surface area contributed by atoms with E-state index in [0.717, 1.165) is 33.5 Å². The van der Waals surface area contributed by atoms with E-state index in [4.69, 9.17) is 32.8 Å². The van der Waals surface area contributed by atoms with Gasteiger partial charge in [0.15, 0.2) is 0 Å². The molecule has 6 aromatic rings. The van der Waals surface area contributed by atoms with Crippen LogP contribution < -0.4 is 16.0 Å². The quantitative estimate of drug-likeness (QED) is 0.0339. The van der Waals surface area contributed by atoms with Gasteiger partial charge in [0.05, 0.1) is 50.0 Å². The standard InChI is InChI=1S/C68H86N7O12P/c1-65(2,3)58(73-62(78)82-12)60(76)71-53(41-48-34-36-51(37-35-48)54-32-22-23-38-69-54)43-56(85-64(80)86-67(7,8)9)55(42-47-25-16-13-17-26-47)72-61(77)59(66(4,5)6)75-40-39-74(63(75)79)44-52-31-24-33-57(70-52)68(10,11)87-88(81,83-45-49-27-18-14-19-28-49)84-46-50-29-20-15-21-30-50/h13-38,53,55-56,58-59H,39-46H2,1-12H3,(H,71,76)(H,72,77)(H,73,78)/t53-,55+,56+,58-,59-/m1/s1. The maximum Gasteiger partial charge on any atom is 0.509 e. The molecule has 3 heterocycles. The molecule has 0 bridgehead atoms. The van der Waals surface area contributed by atoms with Gasteiger partial charge in [-0.15, -0.1) is 0 Å². The number of carbonyl (C=O) groups is 5. The van der Waals surface area contributed by atoms with Crippen LogP contribution >= 0.6 is 7.82 Å². The number of nitrogens with one attached hydrogen (secondary N) is 3. The molecule has 1 aliphatic heterocycles. The SMILES string of the molecule is COC(=O)N[C@H](C(=O)N[C@H](Cc1ccc(-c2ccccn2)cc1)C[C@H](OC(=O)OC(C)(C)C)[C@H](Cc1ccccc1)NC(=O)[C@@H](N1CCN(Cc2cccc(C(C)(C)OP(=O)(OCc3ccccc3)OCc3ccccc3)n2)C1=O)C(C)(C)C)C(C)(C)C. The van der Waals surface area contributed by atoms with Gasteiger partial charge in [0.1, 0.15) is 29.4 Å². The Morgan fingerprint density at radius 1 is 0.625 bits per heavy atom. The number of aromatic nitrogens is 2. The predicted octanol–water partition coefficient (Wildman–Crippen LogP) is 12.5. The fourth-order valence-corrected chi connectivity index (χ4v) is 11.7. The third kappa shape index (κ3) is 20.0. The van der Waals surface area contributed by atoms with Gasteiger partial charge in [-0.1, -0.05) is 169 Å². The molecule has 7 rings (SSSR count). The first-order valence-corrected chi connectivity index (χ1v) is 31.1. The average Bonchev–Trinajstić information content (AvgIpc) is 3.80. The third-order valence-electron chi connectivity index (χ3n) is 14.6. The number of nitrogens with zero attached hydrogens (tertiary/aromatic N) is 4. The number of benzene rings is 4. The van der Waals surface area contributed by atoms with Crippen LogP contribution in [-0.2, 0) is 80.1 Å². The molecular formula is C68H86N7O12P. The summed E-state index contributed by atoms with van der Waals surface area (Å²) in [6, 6.07) is 42.4. The van der Waals surface area contributed by atoms with E-state index >= 15 is 4.79 Å². The van der Waals surface area contributed by atoms with E-state index in [2.05, 4.69) is 20.9 Å². The van der Waals surface area contributed by atoms with Gasteiger partial charge in [-0.3, -0.25) is 33.1 Å². The molecule has 4 aromatic carbocycles. The molecule has 1 aliphatic rings. The lowest BCUT2D eigenvalue weighted by molar-refractivity contribution is -0.131. The molecule has 20 heteroatoms. The Bertz CT molecular complexity index is 3250. The molecular weight excluding hydrogens is 1140 g/mol. The first-order valence-electron chi connectivity index (χ1n) is 29.7. The van der Waals surface area contributed by atoms with Crippen LogP contribution in [0.2, 0.25) is 0 Å². The van der Waals surface area contributed by atoms with Gasteiger partial charge in [-0.2, -0.15) is 0 Å². The Labute approximate surface area is 518 Å². The number of carbonyl (C=O) groups excluding carboxylic acids is 5. The van der Waals surface area contributed by atoms with Crippen LogP contribution in [0, 0.1) is 10.8 Å². The molecule has 0 radical (unpaired) electrons. The van der Waals surface area contributed by atoms with Crippen LogP contribution in [0.25, 0.3) is 11.3 Å². The minimum Gasteiger partial charge on any atom is -0.453 e. The van der Waals surface area contributed by atoms with Gasteiger partial charge in [-0.25, -0.2) is 18.9 Å². The highest BCUT2D eigenvalue weighted by Crippen LogP contribution is 2.56. The Kier molecular flexibility index (Phi) is 22.9. The van der Waals surface area contributed by atoms with Crippen LogP contribution in [0.15, 0.2) is 158 Å². The molecule has 1 fully saturated rings. The van der Waals surface area contributed by atoms with E-state index in [1.807, 2.05) is 175 Å². The Morgan fingerprint density at radius 3 is 1.75 bits per heavy atom. The minimum absolute atomic E-state index is 0.0347. The van der Waals surface area contributed by atoms with Gasteiger partial charge in [0.2, 0.25) is 11.8 Å². The van der Waals surface area contributed by atoms with Crippen molar-refractivity contribution in [3.63, 3.8) is 0 Å². The van der Waals surface area contributed by atoms with E-state index in [-0.39, 0.29) is 52.1 Å². The minimum atomic E-state index is -4.26. The smallest absolute Gasteiger partial charge is 0.453 e. The molecule has 1 saturated heterocycles. The number of methoxy groups -OCH3 is 1. The molecule has 5 atom stereocenters. The lowest BCUT2D eigenvalue weighted by Crippen LogP contribution is -2.60. The van der Waals surface area contributed by atoms with Gasteiger partial charge in [-0.05, 0) is 105 Å². The first-order chi connectivity index (χ1) is 41.6. The highest BCUT2D eigenvalue weighted by atomic mass is 31.2. The number of amides is 5.